The number of nitrogens with one attached hydrogen (secondary N) is 1. The summed E-state index contributed by atoms with van der Waals surface area (Å²) in [4.78, 5) is 11.5. The molecule has 1 aromatic rings. The maximum Gasteiger partial charge on any atom is 0.225 e. The quantitative estimate of drug-likeness (QED) is 0.705. The Bertz CT molecular complexity index is 419. The number of carbonyl (C=O) groups is 1. The lowest BCUT2D eigenvalue weighted by Crippen LogP contribution is -2.10. The van der Waals surface area contributed by atoms with Crippen LogP contribution in [0.3, 0.4) is 0 Å². The predicted molar refractivity (Wildman–Crippen MR) is 50.9 cm³/mol. The molecule has 1 amide bonds. The van der Waals surface area contributed by atoms with E-state index in [-0.39, 0.29) is 18.1 Å². The van der Waals surface area contributed by atoms with E-state index in [0.717, 1.165) is 0 Å². The fourth-order valence-corrected chi connectivity index (χ4v) is 2.49. The van der Waals surface area contributed by atoms with Crippen molar-refractivity contribution in [1.29, 1.82) is 0 Å². The minimum Gasteiger partial charge on any atom is -0.325 e. The van der Waals surface area contributed by atoms with Crippen LogP contribution >= 0.6 is 0 Å². The molecule has 1 unspecified atom stereocenters. The molecule has 1 aliphatic rings. The van der Waals surface area contributed by atoms with Gasteiger partial charge in [-0.25, -0.2) is 4.39 Å². The van der Waals surface area contributed by atoms with Crippen LogP contribution in [0.25, 0.3) is 0 Å². The summed E-state index contributed by atoms with van der Waals surface area (Å²) < 4.78 is 24.4. The van der Waals surface area contributed by atoms with Gasteiger partial charge in [-0.3, -0.25) is 9.00 Å². The first-order valence-corrected chi connectivity index (χ1v) is 5.46. The van der Waals surface area contributed by atoms with Crippen LogP contribution in [0.2, 0.25) is 0 Å². The molecular weight excluding hydrogens is 205 g/mol. The highest BCUT2D eigenvalue weighted by Gasteiger charge is 2.18. The van der Waals surface area contributed by atoms with Gasteiger partial charge in [-0.15, -0.1) is 0 Å². The molecule has 1 aliphatic heterocycles. The lowest BCUT2D eigenvalue weighted by atomic mass is 10.3. The topological polar surface area (TPSA) is 46.2 Å². The summed E-state index contributed by atoms with van der Waals surface area (Å²) in [7, 11) is -1.29. The standard InChI is InChI=1S/C9H8FNO2S/c10-6-1-2-7-8(5-6)14(13)4-3-9(12)11-7/h1-2,5H,3-4H2,(H,11,12). The Morgan fingerprint density at radius 2 is 2.21 bits per heavy atom. The summed E-state index contributed by atoms with van der Waals surface area (Å²) in [6, 6.07) is 3.88. The minimum atomic E-state index is -1.29. The van der Waals surface area contributed by atoms with Gasteiger partial charge in [0.25, 0.3) is 0 Å². The maximum atomic E-state index is 12.9. The Labute approximate surface area is 82.8 Å². The van der Waals surface area contributed by atoms with Crippen molar-refractivity contribution < 1.29 is 13.4 Å². The van der Waals surface area contributed by atoms with Crippen molar-refractivity contribution in [2.24, 2.45) is 0 Å². The van der Waals surface area contributed by atoms with Crippen LogP contribution in [0.5, 0.6) is 0 Å². The number of amides is 1. The number of hydrogen-bond acceptors (Lipinski definition) is 2. The largest absolute Gasteiger partial charge is 0.325 e. The Morgan fingerprint density at radius 3 is 3.00 bits per heavy atom. The molecule has 0 aliphatic carbocycles. The number of hydrogen-bond donors (Lipinski definition) is 1. The Balaban J connectivity index is 2.52. The molecule has 0 bridgehead atoms. The molecule has 5 heteroatoms. The Kier molecular flexibility index (Phi) is 2.33. The van der Waals surface area contributed by atoms with Gasteiger partial charge in [-0.05, 0) is 18.2 Å². The lowest BCUT2D eigenvalue weighted by Gasteiger charge is -2.04. The zero-order valence-electron chi connectivity index (χ0n) is 7.25. The lowest BCUT2D eigenvalue weighted by molar-refractivity contribution is -0.115. The van der Waals surface area contributed by atoms with Crippen molar-refractivity contribution >= 4 is 22.4 Å². The van der Waals surface area contributed by atoms with Crippen molar-refractivity contribution in [3.63, 3.8) is 0 Å². The molecule has 2 rings (SSSR count). The molecule has 0 fully saturated rings. The highest BCUT2D eigenvalue weighted by molar-refractivity contribution is 7.85. The number of rotatable bonds is 0. The van der Waals surface area contributed by atoms with E-state index in [2.05, 4.69) is 5.32 Å². The van der Waals surface area contributed by atoms with Crippen LogP contribution in [0.1, 0.15) is 6.42 Å². The van der Waals surface area contributed by atoms with Crippen molar-refractivity contribution in [3.8, 4) is 0 Å². The zero-order chi connectivity index (χ0) is 10.1. The molecule has 0 saturated carbocycles. The van der Waals surface area contributed by atoms with Crippen molar-refractivity contribution in [1.82, 2.24) is 0 Å². The van der Waals surface area contributed by atoms with Gasteiger partial charge >= 0.3 is 0 Å². The second-order valence-corrected chi connectivity index (χ2v) is 4.53. The van der Waals surface area contributed by atoms with Crippen LogP contribution in [-0.2, 0) is 15.6 Å². The second kappa shape index (κ2) is 3.49. The van der Waals surface area contributed by atoms with Gasteiger partial charge in [0.15, 0.2) is 0 Å². The first-order chi connectivity index (χ1) is 6.66. The van der Waals surface area contributed by atoms with Crippen molar-refractivity contribution in [3.05, 3.63) is 24.0 Å². The first-order valence-electron chi connectivity index (χ1n) is 4.14. The fourth-order valence-electron chi connectivity index (χ4n) is 1.30. The summed E-state index contributed by atoms with van der Waals surface area (Å²) in [5.41, 5.74) is 0.451. The molecule has 1 heterocycles. The van der Waals surface area contributed by atoms with Crippen LogP contribution in [0.4, 0.5) is 10.1 Å². The average molecular weight is 213 g/mol. The number of benzene rings is 1. The van der Waals surface area contributed by atoms with Crippen molar-refractivity contribution in [2.75, 3.05) is 11.1 Å². The number of fused-ring (bicyclic) bond motifs is 1. The third kappa shape index (κ3) is 1.68. The van der Waals surface area contributed by atoms with Gasteiger partial charge in [0.1, 0.15) is 5.82 Å². The third-order valence-corrected chi connectivity index (χ3v) is 3.38. The van der Waals surface area contributed by atoms with E-state index in [0.29, 0.717) is 10.6 Å². The zero-order valence-corrected chi connectivity index (χ0v) is 8.07. The molecule has 0 spiro atoms. The second-order valence-electron chi connectivity index (χ2n) is 2.99. The van der Waals surface area contributed by atoms with E-state index in [9.17, 15) is 13.4 Å². The molecular formula is C9H8FNO2S. The summed E-state index contributed by atoms with van der Waals surface area (Å²) in [5, 5.41) is 2.58. The summed E-state index contributed by atoms with van der Waals surface area (Å²) >= 11 is 0. The molecule has 3 nitrogen and oxygen atoms in total. The van der Waals surface area contributed by atoms with E-state index in [1.54, 1.807) is 0 Å². The SMILES string of the molecule is O=C1CCS(=O)c2cc(F)ccc2N1. The molecule has 1 N–H and O–H groups in total. The highest BCUT2D eigenvalue weighted by Crippen LogP contribution is 2.24. The summed E-state index contributed by atoms with van der Waals surface area (Å²) in [6.07, 6.45) is 0.211. The molecule has 14 heavy (non-hydrogen) atoms. The highest BCUT2D eigenvalue weighted by atomic mass is 32.2. The molecule has 74 valence electrons. The van der Waals surface area contributed by atoms with Gasteiger partial charge < -0.3 is 5.32 Å². The molecule has 0 aromatic heterocycles. The normalized spacial score (nSPS) is 20.9. The Morgan fingerprint density at radius 1 is 1.43 bits per heavy atom. The van der Waals surface area contributed by atoms with Crippen LogP contribution < -0.4 is 5.32 Å². The van der Waals surface area contributed by atoms with Gasteiger partial charge in [-0.1, -0.05) is 0 Å². The van der Waals surface area contributed by atoms with Gasteiger partial charge in [0.05, 0.1) is 21.4 Å². The van der Waals surface area contributed by atoms with Crippen LogP contribution in [-0.4, -0.2) is 15.9 Å². The number of halogens is 1. The average Bonchev–Trinajstić information content (AvgIpc) is 2.29. The number of anilines is 1. The fraction of sp³-hybridized carbons (Fsp3) is 0.222. The Hall–Kier alpha value is -1.23. The van der Waals surface area contributed by atoms with E-state index >= 15 is 0 Å². The summed E-state index contributed by atoms with van der Waals surface area (Å²) in [6.45, 7) is 0. The first kappa shape index (κ1) is 9.33. The molecule has 1 atom stereocenters. The van der Waals surface area contributed by atoms with E-state index in [1.807, 2.05) is 0 Å². The van der Waals surface area contributed by atoms with Crippen LogP contribution in [0, 0.1) is 5.82 Å². The van der Waals surface area contributed by atoms with Gasteiger partial charge in [0, 0.05) is 12.2 Å². The van der Waals surface area contributed by atoms with Crippen LogP contribution in [0.15, 0.2) is 23.1 Å². The molecule has 1 aromatic carbocycles. The minimum absolute atomic E-state index is 0.177. The smallest absolute Gasteiger partial charge is 0.225 e. The summed E-state index contributed by atoms with van der Waals surface area (Å²) in [5.74, 6) is -0.362. The number of carbonyl (C=O) groups excluding carboxylic acids is 1. The van der Waals surface area contributed by atoms with Crippen molar-refractivity contribution in [2.45, 2.75) is 11.3 Å². The van der Waals surface area contributed by atoms with E-state index in [1.165, 1.54) is 18.2 Å². The maximum absolute atomic E-state index is 12.9. The molecule has 0 radical (unpaired) electrons. The van der Waals surface area contributed by atoms with E-state index in [4.69, 9.17) is 0 Å². The van der Waals surface area contributed by atoms with E-state index < -0.39 is 16.6 Å². The molecule has 0 saturated heterocycles. The third-order valence-electron chi connectivity index (χ3n) is 1.98. The predicted octanol–water partition coefficient (Wildman–Crippen LogP) is 1.28. The van der Waals surface area contributed by atoms with Gasteiger partial charge in [-0.2, -0.15) is 0 Å². The monoisotopic (exact) mass is 213 g/mol. The van der Waals surface area contributed by atoms with Gasteiger partial charge in [0.2, 0.25) is 5.91 Å².